The molecule has 0 bridgehead atoms. The Hall–Kier alpha value is -4.84. The number of aromatic nitrogens is 1. The number of pyridine rings is 1. The van der Waals surface area contributed by atoms with Crippen LogP contribution in [-0.4, -0.2) is 69.2 Å². The Labute approximate surface area is 301 Å². The molecule has 1 aromatic heterocycles. The average molecular weight is 713 g/mol. The highest BCUT2D eigenvalue weighted by Gasteiger charge is 2.34. The third-order valence-corrected chi connectivity index (χ3v) is 10.2. The van der Waals surface area contributed by atoms with Gasteiger partial charge in [-0.3, -0.25) is 24.4 Å². The molecular formula is C41H43F3N4O4. The minimum absolute atomic E-state index is 0.0563. The van der Waals surface area contributed by atoms with E-state index in [-0.39, 0.29) is 29.8 Å². The van der Waals surface area contributed by atoms with Crippen LogP contribution in [0.2, 0.25) is 0 Å². The highest BCUT2D eigenvalue weighted by molar-refractivity contribution is 6.03. The number of halogens is 3. The van der Waals surface area contributed by atoms with E-state index >= 15 is 0 Å². The number of β-amino-alcohol motifs (C(OH)–C–C–N with tert-alkyl or cyclic N) is 1. The van der Waals surface area contributed by atoms with Crippen LogP contribution in [0.4, 0.5) is 18.9 Å². The standard InChI is InChI=1S/C41H43F3N4O4/c1-25-18-30(36(41(42,43)44)19-32(25)23-48-16-14-31(22-48)40(51)52)12-11-29-6-4-7-34(26(29)2)35-8-5-9-37(27(35)3)46-39(50)38-13-10-28(20-45-38)21-47-17-15-33(49)24-47/h4-13,18-20,31,33,49H,14-17,21-24H2,1-3H3,(H,46,50)(H,51,52)/b12-11+/t31-,33-/m1/s1. The first-order chi connectivity index (χ1) is 24.8. The number of carbonyl (C=O) groups excluding carboxylic acids is 1. The number of carboxylic acids is 1. The molecule has 4 aromatic rings. The summed E-state index contributed by atoms with van der Waals surface area (Å²) in [5, 5.41) is 22.1. The van der Waals surface area contributed by atoms with Gasteiger partial charge in [0.25, 0.3) is 5.91 Å². The number of aliphatic hydroxyl groups is 1. The Morgan fingerprint density at radius 1 is 0.885 bits per heavy atom. The molecule has 0 radical (unpaired) electrons. The van der Waals surface area contributed by atoms with Gasteiger partial charge in [-0.05, 0) is 108 Å². The molecule has 0 unspecified atom stereocenters. The fourth-order valence-electron chi connectivity index (χ4n) is 7.17. The number of alkyl halides is 3. The number of aliphatic carboxylic acids is 1. The number of nitrogens with zero attached hydrogens (tertiary/aromatic N) is 3. The zero-order valence-corrected chi connectivity index (χ0v) is 29.5. The van der Waals surface area contributed by atoms with Gasteiger partial charge in [0.1, 0.15) is 5.69 Å². The van der Waals surface area contributed by atoms with Crippen LogP contribution < -0.4 is 5.32 Å². The summed E-state index contributed by atoms with van der Waals surface area (Å²) >= 11 is 0. The molecule has 3 aromatic carbocycles. The second-order valence-corrected chi connectivity index (χ2v) is 13.9. The van der Waals surface area contributed by atoms with Gasteiger partial charge >= 0.3 is 12.1 Å². The molecule has 2 saturated heterocycles. The largest absolute Gasteiger partial charge is 0.481 e. The number of hydrogen-bond donors (Lipinski definition) is 3. The molecule has 11 heteroatoms. The molecule has 2 aliphatic rings. The van der Waals surface area contributed by atoms with Crippen LogP contribution in [-0.2, 0) is 24.1 Å². The molecule has 1 amide bonds. The van der Waals surface area contributed by atoms with Gasteiger partial charge in [0, 0.05) is 44.6 Å². The van der Waals surface area contributed by atoms with Gasteiger partial charge in [-0.1, -0.05) is 54.6 Å². The number of nitrogens with one attached hydrogen (secondary N) is 1. The first kappa shape index (κ1) is 36.9. The number of aryl methyl sites for hydroxylation is 1. The molecule has 0 spiro atoms. The normalized spacial score (nSPS) is 18.4. The van der Waals surface area contributed by atoms with Gasteiger partial charge in [-0.15, -0.1) is 0 Å². The van der Waals surface area contributed by atoms with Crippen LogP contribution in [0, 0.1) is 26.7 Å². The van der Waals surface area contributed by atoms with E-state index < -0.39 is 23.6 Å². The maximum atomic E-state index is 14.3. The minimum Gasteiger partial charge on any atom is -0.481 e. The van der Waals surface area contributed by atoms with Crippen LogP contribution in [0.15, 0.2) is 66.9 Å². The van der Waals surface area contributed by atoms with Crippen molar-refractivity contribution in [3.05, 3.63) is 117 Å². The van der Waals surface area contributed by atoms with E-state index in [4.69, 9.17) is 0 Å². The maximum Gasteiger partial charge on any atom is 0.416 e. The summed E-state index contributed by atoms with van der Waals surface area (Å²) in [7, 11) is 0. The quantitative estimate of drug-likeness (QED) is 0.146. The predicted octanol–water partition coefficient (Wildman–Crippen LogP) is 7.59. The first-order valence-corrected chi connectivity index (χ1v) is 17.5. The topological polar surface area (TPSA) is 106 Å². The van der Waals surface area contributed by atoms with Crippen molar-refractivity contribution >= 4 is 29.7 Å². The zero-order chi connectivity index (χ0) is 37.2. The maximum absolute atomic E-state index is 14.3. The number of carbonyl (C=O) groups is 2. The van der Waals surface area contributed by atoms with E-state index in [1.54, 1.807) is 31.3 Å². The predicted molar refractivity (Wildman–Crippen MR) is 196 cm³/mol. The van der Waals surface area contributed by atoms with Gasteiger partial charge in [0.05, 0.1) is 17.6 Å². The number of likely N-dealkylation sites (tertiary alicyclic amines) is 2. The average Bonchev–Trinajstić information content (AvgIpc) is 3.75. The van der Waals surface area contributed by atoms with E-state index in [9.17, 15) is 33.0 Å². The number of carboxylic acid groups (broad SMARTS) is 1. The highest BCUT2D eigenvalue weighted by atomic mass is 19.4. The third-order valence-electron chi connectivity index (χ3n) is 10.2. The summed E-state index contributed by atoms with van der Waals surface area (Å²) < 4.78 is 43.0. The zero-order valence-electron chi connectivity index (χ0n) is 29.5. The Morgan fingerprint density at radius 2 is 1.58 bits per heavy atom. The SMILES string of the molecule is Cc1cc(/C=C/c2cccc(-c3cccc(NC(=O)c4ccc(CN5CC[C@@H](O)C5)cn4)c3C)c2C)c(C(F)(F)F)cc1CN1CC[C@@H](C(=O)O)C1. The lowest BCUT2D eigenvalue weighted by molar-refractivity contribution is -0.141. The Kier molecular flexibility index (Phi) is 10.9. The van der Waals surface area contributed by atoms with E-state index in [1.165, 1.54) is 12.1 Å². The van der Waals surface area contributed by atoms with Crippen molar-refractivity contribution in [1.29, 1.82) is 0 Å². The Bertz CT molecular complexity index is 1990. The fourth-order valence-corrected chi connectivity index (χ4v) is 7.17. The van der Waals surface area contributed by atoms with E-state index in [2.05, 4.69) is 15.2 Å². The monoisotopic (exact) mass is 712 g/mol. The Morgan fingerprint density at radius 3 is 2.23 bits per heavy atom. The summed E-state index contributed by atoms with van der Waals surface area (Å²) in [5.41, 5.74) is 6.66. The van der Waals surface area contributed by atoms with Gasteiger partial charge in [0.15, 0.2) is 0 Å². The van der Waals surface area contributed by atoms with E-state index in [0.717, 1.165) is 46.3 Å². The van der Waals surface area contributed by atoms with Crippen LogP contribution in [0.3, 0.4) is 0 Å². The van der Waals surface area contributed by atoms with Gasteiger partial charge in [-0.25, -0.2) is 0 Å². The van der Waals surface area contributed by atoms with Crippen molar-refractivity contribution in [2.24, 2.45) is 5.92 Å². The van der Waals surface area contributed by atoms with Gasteiger partial charge in [0.2, 0.25) is 0 Å². The van der Waals surface area contributed by atoms with Crippen LogP contribution in [0.25, 0.3) is 23.3 Å². The lowest BCUT2D eigenvalue weighted by Gasteiger charge is -2.20. The second-order valence-electron chi connectivity index (χ2n) is 13.9. The highest BCUT2D eigenvalue weighted by Crippen LogP contribution is 2.37. The van der Waals surface area contributed by atoms with Gasteiger partial charge in [-0.2, -0.15) is 13.2 Å². The molecule has 2 fully saturated rings. The minimum atomic E-state index is -4.58. The fraction of sp³-hybridized carbons (Fsp3) is 0.341. The molecule has 2 aliphatic heterocycles. The molecule has 3 heterocycles. The first-order valence-electron chi connectivity index (χ1n) is 17.5. The molecule has 6 rings (SSSR count). The number of anilines is 1. The number of amides is 1. The van der Waals surface area contributed by atoms with Crippen LogP contribution >= 0.6 is 0 Å². The lowest BCUT2D eigenvalue weighted by atomic mass is 9.92. The molecule has 3 N–H and O–H groups in total. The summed E-state index contributed by atoms with van der Waals surface area (Å²) in [6.45, 7) is 8.84. The van der Waals surface area contributed by atoms with E-state index in [0.29, 0.717) is 49.4 Å². The summed E-state index contributed by atoms with van der Waals surface area (Å²) in [4.78, 5) is 33.0. The van der Waals surface area contributed by atoms with Crippen molar-refractivity contribution in [2.75, 3.05) is 31.5 Å². The molecule has 0 saturated carbocycles. The summed E-state index contributed by atoms with van der Waals surface area (Å²) in [6, 6.07) is 17.6. The number of aliphatic hydroxyl groups excluding tert-OH is 1. The Balaban J connectivity index is 1.20. The lowest BCUT2D eigenvalue weighted by Crippen LogP contribution is -2.23. The number of benzene rings is 3. The second kappa shape index (κ2) is 15.4. The van der Waals surface area contributed by atoms with Crippen molar-refractivity contribution in [3.63, 3.8) is 0 Å². The molecule has 272 valence electrons. The van der Waals surface area contributed by atoms with Gasteiger partial charge < -0.3 is 15.5 Å². The van der Waals surface area contributed by atoms with Crippen molar-refractivity contribution in [3.8, 4) is 11.1 Å². The van der Waals surface area contributed by atoms with Crippen molar-refractivity contribution < 1.29 is 33.0 Å². The molecule has 8 nitrogen and oxygen atoms in total. The smallest absolute Gasteiger partial charge is 0.416 e. The number of hydrogen-bond acceptors (Lipinski definition) is 6. The van der Waals surface area contributed by atoms with Crippen LogP contribution in [0.5, 0.6) is 0 Å². The number of rotatable bonds is 10. The van der Waals surface area contributed by atoms with Crippen molar-refractivity contribution in [2.45, 2.75) is 59.0 Å². The molecule has 2 atom stereocenters. The summed E-state index contributed by atoms with van der Waals surface area (Å²) in [5.74, 6) is -1.73. The van der Waals surface area contributed by atoms with Crippen LogP contribution in [0.1, 0.15) is 67.8 Å². The third kappa shape index (κ3) is 8.44. The molecule has 52 heavy (non-hydrogen) atoms. The van der Waals surface area contributed by atoms with E-state index in [1.807, 2.05) is 61.2 Å². The molecule has 0 aliphatic carbocycles. The molecular weight excluding hydrogens is 669 g/mol. The van der Waals surface area contributed by atoms with Crippen molar-refractivity contribution in [1.82, 2.24) is 14.8 Å². The summed E-state index contributed by atoms with van der Waals surface area (Å²) in [6.07, 6.45) is 1.24.